The van der Waals surface area contributed by atoms with Crippen LogP contribution in [-0.4, -0.2) is 18.0 Å². The number of rotatable bonds is 4. The summed E-state index contributed by atoms with van der Waals surface area (Å²) in [5.41, 5.74) is 3.16. The predicted octanol–water partition coefficient (Wildman–Crippen LogP) is 3.73. The maximum atomic E-state index is 12.3. The molecule has 0 heterocycles. The van der Waals surface area contributed by atoms with Crippen molar-refractivity contribution in [2.75, 3.05) is 5.32 Å². The van der Waals surface area contributed by atoms with Crippen LogP contribution in [0, 0.1) is 13.8 Å². The Morgan fingerprint density at radius 2 is 1.68 bits per heavy atom. The van der Waals surface area contributed by atoms with Crippen LogP contribution in [0.25, 0.3) is 0 Å². The molecular formula is C18H17F3N2O2. The minimum Gasteiger partial charge on any atom is -0.344 e. The number of amides is 2. The smallest absolute Gasteiger partial charge is 0.344 e. The van der Waals surface area contributed by atoms with Gasteiger partial charge >= 0.3 is 12.1 Å². The number of carbonyl (C=O) groups excluding carboxylic acids is 2. The van der Waals surface area contributed by atoms with Gasteiger partial charge in [0.05, 0.1) is 0 Å². The predicted molar refractivity (Wildman–Crippen MR) is 88.2 cm³/mol. The van der Waals surface area contributed by atoms with Crippen molar-refractivity contribution in [2.24, 2.45) is 0 Å². The summed E-state index contributed by atoms with van der Waals surface area (Å²) < 4.78 is 36.8. The van der Waals surface area contributed by atoms with Crippen LogP contribution in [0.3, 0.4) is 0 Å². The van der Waals surface area contributed by atoms with Crippen molar-refractivity contribution in [2.45, 2.75) is 26.6 Å². The molecule has 2 N–H and O–H groups in total. The van der Waals surface area contributed by atoms with Gasteiger partial charge in [-0.2, -0.15) is 13.2 Å². The van der Waals surface area contributed by atoms with Gasteiger partial charge in [-0.3, -0.25) is 9.59 Å². The Balaban J connectivity index is 2.13. The first-order chi connectivity index (χ1) is 11.7. The molecule has 2 aromatic rings. The number of hydrogen-bond acceptors (Lipinski definition) is 2. The average Bonchev–Trinajstić information content (AvgIpc) is 2.55. The molecule has 0 aliphatic carbocycles. The Labute approximate surface area is 143 Å². The summed E-state index contributed by atoms with van der Waals surface area (Å²) in [6.45, 7) is 3.46. The average molecular weight is 350 g/mol. The van der Waals surface area contributed by atoms with Gasteiger partial charge in [0.25, 0.3) is 5.91 Å². The molecule has 0 radical (unpaired) electrons. The lowest BCUT2D eigenvalue weighted by Crippen LogP contribution is -2.36. The maximum absolute atomic E-state index is 12.3. The van der Waals surface area contributed by atoms with E-state index in [1.54, 1.807) is 35.6 Å². The van der Waals surface area contributed by atoms with E-state index in [1.807, 2.05) is 19.9 Å². The standard InChI is InChI=1S/C18H17F3N2O2/c1-11-7-8-13(9-12(11)2)16(24)23-15-6-4-3-5-14(15)10-22-17(25)18(19,20)21/h3-9H,10H2,1-2H3,(H,22,25)(H,23,24). The van der Waals surface area contributed by atoms with Crippen molar-refractivity contribution in [1.82, 2.24) is 5.32 Å². The van der Waals surface area contributed by atoms with Crippen molar-refractivity contribution >= 4 is 17.5 Å². The number of halogens is 3. The summed E-state index contributed by atoms with van der Waals surface area (Å²) in [6.07, 6.45) is -4.95. The molecule has 2 amide bonds. The summed E-state index contributed by atoms with van der Waals surface area (Å²) in [5, 5.41) is 4.46. The zero-order valence-electron chi connectivity index (χ0n) is 13.7. The van der Waals surface area contributed by atoms with E-state index in [0.29, 0.717) is 16.8 Å². The zero-order valence-corrected chi connectivity index (χ0v) is 13.7. The van der Waals surface area contributed by atoms with Crippen LogP contribution in [0.4, 0.5) is 18.9 Å². The molecule has 0 aromatic heterocycles. The van der Waals surface area contributed by atoms with Gasteiger partial charge in [-0.05, 0) is 48.7 Å². The third-order valence-corrected chi connectivity index (χ3v) is 3.73. The molecule has 25 heavy (non-hydrogen) atoms. The van der Waals surface area contributed by atoms with Crippen LogP contribution in [0.2, 0.25) is 0 Å². The highest BCUT2D eigenvalue weighted by atomic mass is 19.4. The van der Waals surface area contributed by atoms with Gasteiger partial charge in [0, 0.05) is 17.8 Å². The van der Waals surface area contributed by atoms with Crippen LogP contribution < -0.4 is 10.6 Å². The quantitative estimate of drug-likeness (QED) is 0.883. The number of hydrogen-bond donors (Lipinski definition) is 2. The van der Waals surface area contributed by atoms with E-state index < -0.39 is 12.1 Å². The second kappa shape index (κ2) is 7.38. The Hall–Kier alpha value is -2.83. The van der Waals surface area contributed by atoms with E-state index in [-0.39, 0.29) is 12.5 Å². The fourth-order valence-corrected chi connectivity index (χ4v) is 2.15. The first kappa shape index (κ1) is 18.5. The molecule has 7 heteroatoms. The summed E-state index contributed by atoms with van der Waals surface area (Å²) in [4.78, 5) is 23.3. The van der Waals surface area contributed by atoms with Gasteiger partial charge in [-0.25, -0.2) is 0 Å². The Morgan fingerprint density at radius 1 is 1.00 bits per heavy atom. The van der Waals surface area contributed by atoms with Crippen molar-refractivity contribution < 1.29 is 22.8 Å². The fraction of sp³-hybridized carbons (Fsp3) is 0.222. The van der Waals surface area contributed by atoms with Gasteiger partial charge in [0.2, 0.25) is 0 Å². The Morgan fingerprint density at radius 3 is 2.32 bits per heavy atom. The normalized spacial score (nSPS) is 11.1. The zero-order chi connectivity index (χ0) is 18.6. The minimum absolute atomic E-state index is 0.341. The summed E-state index contributed by atoms with van der Waals surface area (Å²) >= 11 is 0. The number of alkyl halides is 3. The van der Waals surface area contributed by atoms with Crippen molar-refractivity contribution in [3.63, 3.8) is 0 Å². The second-order valence-corrected chi connectivity index (χ2v) is 5.59. The molecule has 4 nitrogen and oxygen atoms in total. The summed E-state index contributed by atoms with van der Waals surface area (Å²) in [6, 6.07) is 11.6. The van der Waals surface area contributed by atoms with Gasteiger partial charge in [0.1, 0.15) is 0 Å². The van der Waals surface area contributed by atoms with E-state index in [2.05, 4.69) is 5.32 Å². The molecular weight excluding hydrogens is 333 g/mol. The highest BCUT2D eigenvalue weighted by Gasteiger charge is 2.38. The maximum Gasteiger partial charge on any atom is 0.471 e. The lowest BCUT2D eigenvalue weighted by Gasteiger charge is -2.13. The topological polar surface area (TPSA) is 58.2 Å². The lowest BCUT2D eigenvalue weighted by molar-refractivity contribution is -0.173. The number of aryl methyl sites for hydroxylation is 2. The lowest BCUT2D eigenvalue weighted by atomic mass is 10.1. The number of benzene rings is 2. The number of para-hydroxylation sites is 1. The molecule has 0 spiro atoms. The summed E-state index contributed by atoms with van der Waals surface area (Å²) in [5.74, 6) is -2.40. The molecule has 0 saturated heterocycles. The molecule has 132 valence electrons. The molecule has 0 saturated carbocycles. The third-order valence-electron chi connectivity index (χ3n) is 3.73. The monoisotopic (exact) mass is 350 g/mol. The van der Waals surface area contributed by atoms with E-state index in [4.69, 9.17) is 0 Å². The van der Waals surface area contributed by atoms with Crippen molar-refractivity contribution in [3.8, 4) is 0 Å². The number of nitrogens with one attached hydrogen (secondary N) is 2. The van der Waals surface area contributed by atoms with Crippen LogP contribution in [-0.2, 0) is 11.3 Å². The molecule has 0 fully saturated rings. The number of anilines is 1. The van der Waals surface area contributed by atoms with E-state index >= 15 is 0 Å². The highest BCUT2D eigenvalue weighted by molar-refractivity contribution is 6.04. The highest BCUT2D eigenvalue weighted by Crippen LogP contribution is 2.19. The molecule has 0 aliphatic heterocycles. The molecule has 0 aliphatic rings. The fourth-order valence-electron chi connectivity index (χ4n) is 2.15. The van der Waals surface area contributed by atoms with Crippen LogP contribution in [0.5, 0.6) is 0 Å². The van der Waals surface area contributed by atoms with E-state index in [1.165, 1.54) is 6.07 Å². The first-order valence-electron chi connectivity index (χ1n) is 7.50. The first-order valence-corrected chi connectivity index (χ1v) is 7.50. The molecule has 0 unspecified atom stereocenters. The largest absolute Gasteiger partial charge is 0.471 e. The van der Waals surface area contributed by atoms with E-state index in [9.17, 15) is 22.8 Å². The van der Waals surface area contributed by atoms with Crippen LogP contribution in [0.1, 0.15) is 27.0 Å². The molecule has 0 atom stereocenters. The van der Waals surface area contributed by atoms with Crippen molar-refractivity contribution in [3.05, 3.63) is 64.7 Å². The third kappa shape index (κ3) is 4.82. The molecule has 2 rings (SSSR count). The van der Waals surface area contributed by atoms with Gasteiger partial charge in [-0.15, -0.1) is 0 Å². The van der Waals surface area contributed by atoms with Gasteiger partial charge in [-0.1, -0.05) is 24.3 Å². The minimum atomic E-state index is -4.95. The molecule has 0 bridgehead atoms. The molecule has 2 aromatic carbocycles. The number of carbonyl (C=O) groups is 2. The Kier molecular flexibility index (Phi) is 5.46. The van der Waals surface area contributed by atoms with Crippen LogP contribution in [0.15, 0.2) is 42.5 Å². The van der Waals surface area contributed by atoms with Gasteiger partial charge < -0.3 is 10.6 Å². The Bertz CT molecular complexity index is 801. The van der Waals surface area contributed by atoms with Crippen molar-refractivity contribution in [1.29, 1.82) is 0 Å². The van der Waals surface area contributed by atoms with Crippen LogP contribution >= 0.6 is 0 Å². The second-order valence-electron chi connectivity index (χ2n) is 5.59. The van der Waals surface area contributed by atoms with E-state index in [0.717, 1.165) is 11.1 Å². The summed E-state index contributed by atoms with van der Waals surface area (Å²) in [7, 11) is 0. The SMILES string of the molecule is Cc1ccc(C(=O)Nc2ccccc2CNC(=O)C(F)(F)F)cc1C. The van der Waals surface area contributed by atoms with Gasteiger partial charge in [0.15, 0.2) is 0 Å².